The summed E-state index contributed by atoms with van der Waals surface area (Å²) in [6.07, 6.45) is 14.0. The summed E-state index contributed by atoms with van der Waals surface area (Å²) in [4.78, 5) is 26.8. The number of benzene rings is 6. The number of pyridine rings is 2. The Morgan fingerprint density at radius 3 is 1.53 bits per heavy atom. The summed E-state index contributed by atoms with van der Waals surface area (Å²) in [7, 11) is -1.38. The van der Waals surface area contributed by atoms with Crippen molar-refractivity contribution in [2.24, 2.45) is 5.92 Å². The average molecular weight is 1280 g/mol. The van der Waals surface area contributed by atoms with E-state index in [0.717, 1.165) is 73.4 Å². The molecule has 5 N–H and O–H groups in total. The standard InChI is InChI=1S/C22H16FN3O2.C17H12BrFN2O2.C13H10BrFN2O2.C5H6BNO2.C4H6O.CH4/c23-20-16(13-7-9-24-10-8-13)4-5-17-21(20)26(22(25-17)14-1-2-14)15-3-6-18-19(11-15)28-12-27-18;18-11-4-5-12-16(15(11)19)21(17(20-12)9-1-2-9)10-3-6-13-14(7-10)23-8-22-13;14-8-2-3-9(16)13(12(8)15)17-7-1-4-10-11(5-7)19-6-18-10;8-6(9)5-1-3-7-4-2-5;5-3-4-1-2-4;/h3-11,14H,1-2,12H2;3-7,9H,1-2,8H2;1-5,17H,6,16H2;1-4,8-9H;3-4H,1-2H2;1H4. The first kappa shape index (κ1) is 58.2. The minimum absolute atomic E-state index is 0. The molecule has 3 aliphatic heterocycles. The van der Waals surface area contributed by atoms with E-state index in [2.05, 4.69) is 52.1 Å². The first-order valence-electron chi connectivity index (χ1n) is 26.8. The van der Waals surface area contributed by atoms with Crippen molar-refractivity contribution in [1.82, 2.24) is 29.1 Å². The number of nitrogens with two attached hydrogens (primary N) is 1. The molecule has 23 heteroatoms. The third-order valence-electron chi connectivity index (χ3n) is 14.2. The van der Waals surface area contributed by atoms with Crippen molar-refractivity contribution >= 4 is 89.9 Å². The van der Waals surface area contributed by atoms with Gasteiger partial charge < -0.3 is 54.3 Å². The van der Waals surface area contributed by atoms with Crippen molar-refractivity contribution in [3.63, 3.8) is 0 Å². The normalized spacial score (nSPS) is 14.5. The number of nitrogens with zero attached hydrogens (tertiary/aromatic N) is 6. The SMILES string of the molecule is C.Fc1c(-c2ccncc2)ccc2nc(C3CC3)n(-c3ccc4c(c3)OCO4)c12.Fc1c(Br)ccc2nc(C3CC3)n(-c3ccc4c(c3)OCO4)c12.Nc1ccc(Br)c(F)c1Nc1ccc2c(c1)OCO2.O=CC1CC1.OB(O)c1ccncc1. The van der Waals surface area contributed by atoms with Crippen LogP contribution in [-0.2, 0) is 4.79 Å². The maximum atomic E-state index is 15.7. The third kappa shape index (κ3) is 12.8. The van der Waals surface area contributed by atoms with Crippen LogP contribution in [0.2, 0.25) is 0 Å². The van der Waals surface area contributed by atoms with Gasteiger partial charge in [-0.3, -0.25) is 19.1 Å². The molecule has 0 spiro atoms. The Labute approximate surface area is 502 Å². The van der Waals surface area contributed by atoms with Crippen LogP contribution in [0.15, 0.2) is 149 Å². The lowest BCUT2D eigenvalue weighted by atomic mass is 9.81. The number of hydrogen-bond donors (Lipinski definition) is 4. The minimum Gasteiger partial charge on any atom is -0.454 e. The summed E-state index contributed by atoms with van der Waals surface area (Å²) in [6.45, 7) is 0.629. The Morgan fingerprint density at radius 2 is 1.04 bits per heavy atom. The molecular formula is C62H54BBr2F3N8O9. The van der Waals surface area contributed by atoms with Gasteiger partial charge in [0, 0.05) is 72.0 Å². The maximum absolute atomic E-state index is 15.7. The van der Waals surface area contributed by atoms with E-state index in [1.807, 2.05) is 69.8 Å². The van der Waals surface area contributed by atoms with Gasteiger partial charge in [0.05, 0.1) is 42.7 Å². The molecule has 0 amide bonds. The van der Waals surface area contributed by atoms with Crippen LogP contribution in [-0.4, -0.2) is 72.9 Å². The summed E-state index contributed by atoms with van der Waals surface area (Å²) in [5.74, 6) is 6.10. The van der Waals surface area contributed by atoms with Crippen LogP contribution in [0.4, 0.5) is 30.2 Å². The Kier molecular flexibility index (Phi) is 17.3. The predicted octanol–water partition coefficient (Wildman–Crippen LogP) is 13.0. The van der Waals surface area contributed by atoms with Gasteiger partial charge in [-0.2, -0.15) is 0 Å². The zero-order valence-corrected chi connectivity index (χ0v) is 47.6. The van der Waals surface area contributed by atoms with E-state index in [0.29, 0.717) is 106 Å². The van der Waals surface area contributed by atoms with Crippen LogP contribution in [0, 0.1) is 23.4 Å². The smallest absolute Gasteiger partial charge is 0.454 e. The molecular weight excluding hydrogens is 1230 g/mol. The van der Waals surface area contributed by atoms with Gasteiger partial charge in [0.25, 0.3) is 0 Å². The fraction of sp³-hybridized carbons (Fsp3) is 0.210. The van der Waals surface area contributed by atoms with Gasteiger partial charge in [-0.15, -0.1) is 0 Å². The second-order valence-electron chi connectivity index (χ2n) is 20.1. The first-order valence-corrected chi connectivity index (χ1v) is 28.4. The Morgan fingerprint density at radius 1 is 0.565 bits per heavy atom. The highest BCUT2D eigenvalue weighted by atomic mass is 79.9. The molecule has 4 aromatic heterocycles. The fourth-order valence-electron chi connectivity index (χ4n) is 9.40. The molecule has 0 bridgehead atoms. The van der Waals surface area contributed by atoms with Crippen molar-refractivity contribution in [3.8, 4) is 57.0 Å². The highest BCUT2D eigenvalue weighted by molar-refractivity contribution is 9.10. The van der Waals surface area contributed by atoms with Gasteiger partial charge in [-0.25, -0.2) is 23.1 Å². The Balaban J connectivity index is 0.000000120. The number of nitrogens with one attached hydrogen (secondary N) is 1. The van der Waals surface area contributed by atoms with E-state index in [1.165, 1.54) is 12.4 Å². The highest BCUT2D eigenvalue weighted by Crippen LogP contribution is 2.46. The number of fused-ring (bicyclic) bond motifs is 5. The second kappa shape index (κ2) is 25.3. The summed E-state index contributed by atoms with van der Waals surface area (Å²) >= 11 is 6.40. The van der Waals surface area contributed by atoms with Crippen molar-refractivity contribution in [2.45, 2.75) is 57.8 Å². The number of anilines is 3. The number of halogens is 5. The van der Waals surface area contributed by atoms with E-state index in [1.54, 1.807) is 67.0 Å². The zero-order chi connectivity index (χ0) is 58.0. The monoisotopic (exact) mass is 1280 g/mol. The minimum atomic E-state index is -1.38. The highest BCUT2D eigenvalue weighted by Gasteiger charge is 2.34. The summed E-state index contributed by atoms with van der Waals surface area (Å²) in [5.41, 5.74) is 12.8. The number of carbonyl (C=O) groups is 1. The van der Waals surface area contributed by atoms with Gasteiger partial charge in [-0.05, 0) is 178 Å². The Bertz CT molecular complexity index is 4080. The number of imidazole rings is 2. The number of aldehydes is 1. The fourth-order valence-corrected chi connectivity index (χ4v) is 10.1. The molecule has 3 saturated carbocycles. The maximum Gasteiger partial charge on any atom is 0.488 e. The molecule has 3 fully saturated rings. The molecule has 6 aromatic carbocycles. The van der Waals surface area contributed by atoms with Crippen LogP contribution < -0.4 is 44.9 Å². The van der Waals surface area contributed by atoms with Gasteiger partial charge in [-0.1, -0.05) is 7.43 Å². The van der Waals surface area contributed by atoms with Crippen molar-refractivity contribution in [2.75, 3.05) is 31.4 Å². The van der Waals surface area contributed by atoms with Crippen LogP contribution in [0.25, 0.3) is 44.6 Å². The number of nitrogen functional groups attached to an aromatic ring is 1. The van der Waals surface area contributed by atoms with E-state index in [-0.39, 0.29) is 45.1 Å². The molecule has 16 rings (SSSR count). The van der Waals surface area contributed by atoms with E-state index >= 15 is 4.39 Å². The zero-order valence-electron chi connectivity index (χ0n) is 44.4. The first-order chi connectivity index (χ1) is 40.9. The summed E-state index contributed by atoms with van der Waals surface area (Å²) in [6, 6.07) is 33.8. The topological polar surface area (TPSA) is 212 Å². The second-order valence-corrected chi connectivity index (χ2v) is 21.8. The van der Waals surface area contributed by atoms with Gasteiger partial charge >= 0.3 is 7.12 Å². The average Bonchev–Trinajstić information content (AvgIpc) is 2.37. The predicted molar refractivity (Wildman–Crippen MR) is 323 cm³/mol. The van der Waals surface area contributed by atoms with Crippen LogP contribution in [0.3, 0.4) is 0 Å². The molecule has 3 aliphatic carbocycles. The van der Waals surface area contributed by atoms with Crippen molar-refractivity contribution < 1.29 is 56.4 Å². The molecule has 10 aromatic rings. The number of ether oxygens (including phenoxy) is 6. The molecule has 0 saturated heterocycles. The molecule has 0 radical (unpaired) electrons. The number of carbonyl (C=O) groups excluding carboxylic acids is 1. The molecule has 6 aliphatic rings. The quantitative estimate of drug-likeness (QED) is 0.0601. The third-order valence-corrected chi connectivity index (χ3v) is 15.4. The molecule has 434 valence electrons. The van der Waals surface area contributed by atoms with E-state index < -0.39 is 12.9 Å². The van der Waals surface area contributed by atoms with Crippen molar-refractivity contribution in [1.29, 1.82) is 0 Å². The van der Waals surface area contributed by atoms with E-state index in [4.69, 9.17) is 49.2 Å². The van der Waals surface area contributed by atoms with Gasteiger partial charge in [0.15, 0.2) is 51.9 Å². The lowest BCUT2D eigenvalue weighted by molar-refractivity contribution is -0.108. The largest absolute Gasteiger partial charge is 0.488 e. The van der Waals surface area contributed by atoms with Crippen LogP contribution >= 0.6 is 31.9 Å². The molecule has 17 nitrogen and oxygen atoms in total. The van der Waals surface area contributed by atoms with Crippen LogP contribution in [0.1, 0.15) is 69.4 Å². The summed E-state index contributed by atoms with van der Waals surface area (Å²) < 4.78 is 81.4. The lowest BCUT2D eigenvalue weighted by Gasteiger charge is -2.11. The van der Waals surface area contributed by atoms with E-state index in [9.17, 15) is 13.6 Å². The lowest BCUT2D eigenvalue weighted by Crippen LogP contribution is -2.29. The van der Waals surface area contributed by atoms with Gasteiger partial charge in [0.1, 0.15) is 29.0 Å². The van der Waals surface area contributed by atoms with Crippen LogP contribution in [0.5, 0.6) is 34.5 Å². The molecule has 0 unspecified atom stereocenters. The molecule has 7 heterocycles. The number of rotatable bonds is 9. The van der Waals surface area contributed by atoms with Gasteiger partial charge in [0.2, 0.25) is 20.4 Å². The molecule has 85 heavy (non-hydrogen) atoms. The molecule has 0 atom stereocenters. The van der Waals surface area contributed by atoms with Crippen molar-refractivity contribution in [3.05, 3.63) is 178 Å². The number of hydrogen-bond acceptors (Lipinski definition) is 15. The summed E-state index contributed by atoms with van der Waals surface area (Å²) in [5, 5.41) is 20.0. The number of aromatic nitrogens is 6. The Hall–Kier alpha value is -8.64.